The Kier molecular flexibility index (Phi) is 2.91. The van der Waals surface area contributed by atoms with Gasteiger partial charge in [0.05, 0.1) is 16.0 Å². The monoisotopic (exact) mass is 284 g/mol. The van der Waals surface area contributed by atoms with Crippen molar-refractivity contribution in [3.8, 4) is 10.9 Å². The number of hydrogen-bond acceptors (Lipinski definition) is 4. The number of nitrogens with zero attached hydrogens (tertiary/aromatic N) is 2. The summed E-state index contributed by atoms with van der Waals surface area (Å²) >= 11 is 1.41. The number of aromatic nitrogens is 2. The van der Waals surface area contributed by atoms with Crippen LogP contribution in [0.5, 0.6) is 5.75 Å². The van der Waals surface area contributed by atoms with Gasteiger partial charge in [0.25, 0.3) is 5.56 Å². The van der Waals surface area contributed by atoms with Crippen LogP contribution in [0, 0.1) is 6.92 Å². The van der Waals surface area contributed by atoms with Crippen LogP contribution < -0.4 is 5.56 Å². The molecule has 0 atom stereocenters. The lowest BCUT2D eigenvalue weighted by Crippen LogP contribution is -2.17. The zero-order valence-corrected chi connectivity index (χ0v) is 11.6. The molecule has 0 spiro atoms. The van der Waals surface area contributed by atoms with E-state index in [1.54, 1.807) is 36.5 Å². The van der Waals surface area contributed by atoms with Gasteiger partial charge >= 0.3 is 0 Å². The van der Waals surface area contributed by atoms with Crippen molar-refractivity contribution in [1.29, 1.82) is 0 Å². The Morgan fingerprint density at radius 1 is 1.35 bits per heavy atom. The third kappa shape index (κ3) is 1.83. The van der Waals surface area contributed by atoms with Gasteiger partial charge < -0.3 is 5.11 Å². The van der Waals surface area contributed by atoms with Gasteiger partial charge in [-0.15, -0.1) is 0 Å². The first-order valence-electron chi connectivity index (χ1n) is 6.05. The number of pyridine rings is 1. The third-order valence-corrected chi connectivity index (χ3v) is 4.29. The molecule has 0 amide bonds. The molecule has 3 rings (SSSR count). The van der Waals surface area contributed by atoms with Crippen LogP contribution in [0.3, 0.4) is 0 Å². The number of thiazole rings is 1. The number of aryl methyl sites for hydroxylation is 1. The Morgan fingerprint density at radius 2 is 2.15 bits per heavy atom. The molecular formula is C15H12N2O2S. The Morgan fingerprint density at radius 3 is 2.85 bits per heavy atom. The second-order valence-electron chi connectivity index (χ2n) is 4.38. The molecule has 2 aromatic heterocycles. The maximum absolute atomic E-state index is 12.5. The molecule has 20 heavy (non-hydrogen) atoms. The zero-order valence-electron chi connectivity index (χ0n) is 10.8. The molecule has 0 radical (unpaired) electrons. The number of aromatic hydroxyl groups is 1. The molecule has 1 aromatic carbocycles. The van der Waals surface area contributed by atoms with Gasteiger partial charge in [-0.05, 0) is 25.1 Å². The fourth-order valence-corrected chi connectivity index (χ4v) is 3.00. The molecule has 0 saturated heterocycles. The Hall–Kier alpha value is -2.40. The van der Waals surface area contributed by atoms with E-state index >= 15 is 0 Å². The molecule has 0 aliphatic heterocycles. The topological polar surface area (TPSA) is 55.1 Å². The van der Waals surface area contributed by atoms with Gasteiger partial charge in [0, 0.05) is 11.6 Å². The minimum absolute atomic E-state index is 0.105. The first-order valence-corrected chi connectivity index (χ1v) is 6.87. The van der Waals surface area contributed by atoms with Gasteiger partial charge in [-0.3, -0.25) is 9.36 Å². The van der Waals surface area contributed by atoms with E-state index in [1.807, 2.05) is 6.92 Å². The molecule has 1 N–H and O–H groups in total. The summed E-state index contributed by atoms with van der Waals surface area (Å²) in [5, 5.41) is 11.4. The van der Waals surface area contributed by atoms with Crippen molar-refractivity contribution >= 4 is 28.2 Å². The number of hydrogen-bond donors (Lipinski definition) is 1. The van der Waals surface area contributed by atoms with Crippen LogP contribution in [0.25, 0.3) is 22.0 Å². The molecule has 100 valence electrons. The Balaban J connectivity index is 2.29. The summed E-state index contributed by atoms with van der Waals surface area (Å²) < 4.78 is 1.49. The maximum Gasteiger partial charge on any atom is 0.264 e. The minimum atomic E-state index is -0.192. The number of fused-ring (bicyclic) bond motifs is 1. The summed E-state index contributed by atoms with van der Waals surface area (Å²) in [4.78, 5) is 17.8. The van der Waals surface area contributed by atoms with Crippen LogP contribution in [-0.2, 0) is 0 Å². The lowest BCUT2D eigenvalue weighted by Gasteiger charge is -2.04. The van der Waals surface area contributed by atoms with Crippen molar-refractivity contribution in [1.82, 2.24) is 9.55 Å². The second kappa shape index (κ2) is 4.61. The van der Waals surface area contributed by atoms with Crippen LogP contribution in [0.1, 0.15) is 10.6 Å². The largest absolute Gasteiger partial charge is 0.507 e. The summed E-state index contributed by atoms with van der Waals surface area (Å²) in [6, 6.07) is 6.64. The van der Waals surface area contributed by atoms with Gasteiger partial charge in [-0.1, -0.05) is 30.1 Å². The molecule has 0 bridgehead atoms. The van der Waals surface area contributed by atoms with Gasteiger partial charge in [-0.2, -0.15) is 0 Å². The zero-order chi connectivity index (χ0) is 14.3. The van der Waals surface area contributed by atoms with Crippen molar-refractivity contribution in [2.45, 2.75) is 6.92 Å². The van der Waals surface area contributed by atoms with Crippen molar-refractivity contribution in [2.75, 3.05) is 0 Å². The molecule has 0 aliphatic carbocycles. The van der Waals surface area contributed by atoms with Crippen molar-refractivity contribution in [3.05, 3.63) is 58.0 Å². The molecule has 0 saturated carbocycles. The normalized spacial score (nSPS) is 10.8. The quantitative estimate of drug-likeness (QED) is 0.786. The van der Waals surface area contributed by atoms with Crippen molar-refractivity contribution < 1.29 is 5.11 Å². The third-order valence-electron chi connectivity index (χ3n) is 3.14. The maximum atomic E-state index is 12.5. The Labute approximate surface area is 119 Å². The van der Waals surface area contributed by atoms with Crippen molar-refractivity contribution in [3.63, 3.8) is 0 Å². The van der Waals surface area contributed by atoms with E-state index in [-0.39, 0.29) is 11.3 Å². The summed E-state index contributed by atoms with van der Waals surface area (Å²) in [7, 11) is 0. The van der Waals surface area contributed by atoms with E-state index in [1.165, 1.54) is 15.9 Å². The average molecular weight is 284 g/mol. The van der Waals surface area contributed by atoms with Crippen LogP contribution in [0.4, 0.5) is 0 Å². The van der Waals surface area contributed by atoms with E-state index in [4.69, 9.17) is 0 Å². The first kappa shape index (κ1) is 12.6. The van der Waals surface area contributed by atoms with Gasteiger partial charge in [0.1, 0.15) is 5.75 Å². The highest BCUT2D eigenvalue weighted by Crippen LogP contribution is 2.24. The summed E-state index contributed by atoms with van der Waals surface area (Å²) in [5.74, 6) is 0.105. The van der Waals surface area contributed by atoms with Crippen LogP contribution in [-0.4, -0.2) is 14.7 Å². The van der Waals surface area contributed by atoms with E-state index in [0.29, 0.717) is 15.9 Å². The van der Waals surface area contributed by atoms with E-state index in [9.17, 15) is 9.90 Å². The highest BCUT2D eigenvalue weighted by atomic mass is 32.1. The number of benzene rings is 1. The highest BCUT2D eigenvalue weighted by molar-refractivity contribution is 7.15. The van der Waals surface area contributed by atoms with Crippen LogP contribution in [0.2, 0.25) is 0 Å². The fourth-order valence-electron chi connectivity index (χ4n) is 2.10. The van der Waals surface area contributed by atoms with Gasteiger partial charge in [0.15, 0.2) is 5.13 Å². The highest BCUT2D eigenvalue weighted by Gasteiger charge is 2.11. The number of phenols is 1. The Bertz CT molecular complexity index is 877. The fraction of sp³-hybridized carbons (Fsp3) is 0.0667. The smallest absolute Gasteiger partial charge is 0.264 e. The van der Waals surface area contributed by atoms with Crippen LogP contribution >= 0.6 is 11.3 Å². The lowest BCUT2D eigenvalue weighted by molar-refractivity contribution is 0.481. The van der Waals surface area contributed by atoms with Crippen LogP contribution in [0.15, 0.2) is 41.8 Å². The molecule has 5 heteroatoms. The minimum Gasteiger partial charge on any atom is -0.507 e. The number of rotatable bonds is 2. The van der Waals surface area contributed by atoms with Gasteiger partial charge in [-0.25, -0.2) is 4.98 Å². The predicted molar refractivity (Wildman–Crippen MR) is 81.7 cm³/mol. The molecule has 2 heterocycles. The second-order valence-corrected chi connectivity index (χ2v) is 5.39. The van der Waals surface area contributed by atoms with E-state index in [0.717, 1.165) is 10.6 Å². The molecule has 4 nitrogen and oxygen atoms in total. The van der Waals surface area contributed by atoms with E-state index < -0.39 is 0 Å². The first-order chi connectivity index (χ1) is 9.61. The average Bonchev–Trinajstić information content (AvgIpc) is 2.81. The SMILES string of the molecule is C=Cc1sc(-n2ccc3c(O)cccc3c2=O)nc1C. The standard InChI is InChI=1S/C15H12N2O2S/c1-3-13-9(2)16-15(20-13)17-8-7-10-11(14(17)19)5-4-6-12(10)18/h3-8,18H,1H2,2H3. The molecule has 3 aromatic rings. The molecule has 0 aliphatic rings. The number of phenolic OH excluding ortho intramolecular Hbond substituents is 1. The molecule has 0 unspecified atom stereocenters. The summed E-state index contributed by atoms with van der Waals surface area (Å²) in [6.45, 7) is 5.62. The predicted octanol–water partition coefficient (Wildman–Crippen LogP) is 3.10. The summed E-state index contributed by atoms with van der Waals surface area (Å²) in [6.07, 6.45) is 3.37. The lowest BCUT2D eigenvalue weighted by atomic mass is 10.1. The van der Waals surface area contributed by atoms with Crippen molar-refractivity contribution in [2.24, 2.45) is 0 Å². The molecule has 0 fully saturated rings. The van der Waals surface area contributed by atoms with Gasteiger partial charge in [0.2, 0.25) is 0 Å². The molecular weight excluding hydrogens is 272 g/mol. The summed E-state index contributed by atoms with van der Waals surface area (Å²) in [5.41, 5.74) is 0.658. The van der Waals surface area contributed by atoms with E-state index in [2.05, 4.69) is 11.6 Å².